The Kier molecular flexibility index (Phi) is 5.23. The molecule has 1 atom stereocenters. The summed E-state index contributed by atoms with van der Waals surface area (Å²) in [4.78, 5) is 2.68. The first-order chi connectivity index (χ1) is 10.3. The molecule has 1 aliphatic carbocycles. The minimum absolute atomic E-state index is 0.716. The van der Waals surface area contributed by atoms with Crippen LogP contribution >= 0.6 is 15.9 Å². The number of halogens is 1. The van der Waals surface area contributed by atoms with Crippen molar-refractivity contribution in [3.05, 3.63) is 28.2 Å². The maximum atomic E-state index is 3.68. The van der Waals surface area contributed by atoms with Gasteiger partial charge in [-0.15, -0.1) is 0 Å². The largest absolute Gasteiger partial charge is 0.368 e. The first-order valence-corrected chi connectivity index (χ1v) is 9.35. The quantitative estimate of drug-likeness (QED) is 0.815. The lowest BCUT2D eigenvalue weighted by Gasteiger charge is -2.33. The fraction of sp³-hybridized carbons (Fsp3) is 0.667. The van der Waals surface area contributed by atoms with Crippen LogP contribution in [0.3, 0.4) is 0 Å². The van der Waals surface area contributed by atoms with Crippen molar-refractivity contribution in [2.24, 2.45) is 0 Å². The van der Waals surface area contributed by atoms with E-state index < -0.39 is 0 Å². The molecule has 0 bridgehead atoms. The molecule has 2 fully saturated rings. The summed E-state index contributed by atoms with van der Waals surface area (Å²) >= 11 is 3.64. The van der Waals surface area contributed by atoms with Gasteiger partial charge in [0.1, 0.15) is 0 Å². The van der Waals surface area contributed by atoms with Gasteiger partial charge in [-0.25, -0.2) is 0 Å². The van der Waals surface area contributed by atoms with Crippen molar-refractivity contribution in [1.82, 2.24) is 5.32 Å². The van der Waals surface area contributed by atoms with Crippen molar-refractivity contribution in [3.63, 3.8) is 0 Å². The molecule has 3 heteroatoms. The minimum Gasteiger partial charge on any atom is -0.368 e. The summed E-state index contributed by atoms with van der Waals surface area (Å²) < 4.78 is 1.20. The first-order valence-electron chi connectivity index (χ1n) is 8.56. The highest BCUT2D eigenvalue weighted by atomic mass is 79.9. The van der Waals surface area contributed by atoms with Crippen LogP contribution in [-0.2, 0) is 6.54 Å². The van der Waals surface area contributed by atoms with Crippen LogP contribution in [0.1, 0.15) is 57.4 Å². The second-order valence-corrected chi connectivity index (χ2v) is 7.45. The van der Waals surface area contributed by atoms with Gasteiger partial charge in [-0.2, -0.15) is 0 Å². The van der Waals surface area contributed by atoms with Crippen molar-refractivity contribution >= 4 is 21.6 Å². The van der Waals surface area contributed by atoms with E-state index in [0.29, 0.717) is 6.04 Å². The summed E-state index contributed by atoms with van der Waals surface area (Å²) in [6.07, 6.45) is 9.42. The Morgan fingerprint density at radius 1 is 1.19 bits per heavy atom. The van der Waals surface area contributed by atoms with E-state index in [-0.39, 0.29) is 0 Å². The lowest BCUT2D eigenvalue weighted by atomic mass is 10.0. The molecule has 2 aliphatic rings. The maximum Gasteiger partial charge on any atom is 0.0415 e. The summed E-state index contributed by atoms with van der Waals surface area (Å²) in [6.45, 7) is 4.56. The summed E-state index contributed by atoms with van der Waals surface area (Å²) in [5.74, 6) is 0. The molecule has 1 heterocycles. The molecule has 1 aromatic carbocycles. The second kappa shape index (κ2) is 7.15. The molecule has 0 amide bonds. The summed E-state index contributed by atoms with van der Waals surface area (Å²) in [7, 11) is 0. The maximum absolute atomic E-state index is 3.68. The molecule has 1 N–H and O–H groups in total. The van der Waals surface area contributed by atoms with Crippen molar-refractivity contribution in [1.29, 1.82) is 0 Å². The lowest BCUT2D eigenvalue weighted by molar-refractivity contribution is 0.553. The Labute approximate surface area is 137 Å². The summed E-state index contributed by atoms with van der Waals surface area (Å²) in [5, 5.41) is 3.68. The molecule has 1 saturated heterocycles. The SMILES string of the molecule is CCC1CCCCCN1c1ccc(Br)cc1CNC1CC1. The van der Waals surface area contributed by atoms with Crippen LogP contribution in [0.5, 0.6) is 0 Å². The number of benzene rings is 1. The van der Waals surface area contributed by atoms with Gasteiger partial charge >= 0.3 is 0 Å². The number of nitrogens with zero attached hydrogens (tertiary/aromatic N) is 1. The molecular weight excluding hydrogens is 324 g/mol. The Hall–Kier alpha value is -0.540. The standard InChI is InChI=1S/C18H27BrN2/c1-2-17-6-4-3-5-11-21(17)18-10-7-15(19)12-14(18)13-20-16-8-9-16/h7,10,12,16-17,20H,2-6,8-9,11,13H2,1H3. The van der Waals surface area contributed by atoms with Gasteiger partial charge in [-0.3, -0.25) is 0 Å². The third-order valence-corrected chi connectivity index (χ3v) is 5.35. The zero-order valence-electron chi connectivity index (χ0n) is 13.1. The van der Waals surface area contributed by atoms with E-state index in [1.807, 2.05) is 0 Å². The second-order valence-electron chi connectivity index (χ2n) is 6.53. The molecule has 3 rings (SSSR count). The van der Waals surface area contributed by atoms with Crippen LogP contribution in [0.2, 0.25) is 0 Å². The molecule has 0 spiro atoms. The van der Waals surface area contributed by atoms with Crippen LogP contribution in [-0.4, -0.2) is 18.6 Å². The Bertz CT molecular complexity index is 470. The van der Waals surface area contributed by atoms with Crippen molar-refractivity contribution in [2.45, 2.75) is 70.5 Å². The van der Waals surface area contributed by atoms with Gasteiger partial charge in [-0.05, 0) is 55.9 Å². The minimum atomic E-state index is 0.716. The molecule has 1 aliphatic heterocycles. The predicted molar refractivity (Wildman–Crippen MR) is 93.9 cm³/mol. The van der Waals surface area contributed by atoms with E-state index in [4.69, 9.17) is 0 Å². The smallest absolute Gasteiger partial charge is 0.0415 e. The molecule has 21 heavy (non-hydrogen) atoms. The van der Waals surface area contributed by atoms with E-state index in [1.54, 1.807) is 0 Å². The van der Waals surface area contributed by atoms with Gasteiger partial charge in [-0.1, -0.05) is 35.7 Å². The van der Waals surface area contributed by atoms with E-state index >= 15 is 0 Å². The fourth-order valence-corrected chi connectivity index (χ4v) is 3.85. The van der Waals surface area contributed by atoms with Gasteiger partial charge < -0.3 is 10.2 Å². The molecule has 0 aromatic heterocycles. The van der Waals surface area contributed by atoms with Crippen LogP contribution in [0.4, 0.5) is 5.69 Å². The Balaban J connectivity index is 1.83. The van der Waals surface area contributed by atoms with Gasteiger partial charge in [0.05, 0.1) is 0 Å². The molecule has 1 saturated carbocycles. The van der Waals surface area contributed by atoms with Crippen LogP contribution in [0, 0.1) is 0 Å². The molecule has 2 nitrogen and oxygen atoms in total. The molecule has 1 unspecified atom stereocenters. The topological polar surface area (TPSA) is 15.3 Å². The van der Waals surface area contributed by atoms with Gasteiger partial charge in [0.25, 0.3) is 0 Å². The number of hydrogen-bond donors (Lipinski definition) is 1. The van der Waals surface area contributed by atoms with Crippen molar-refractivity contribution in [2.75, 3.05) is 11.4 Å². The average molecular weight is 351 g/mol. The number of rotatable bonds is 5. The number of hydrogen-bond acceptors (Lipinski definition) is 2. The van der Waals surface area contributed by atoms with E-state index in [2.05, 4.69) is 51.3 Å². The normalized spacial score (nSPS) is 23.1. The summed E-state index contributed by atoms with van der Waals surface area (Å²) in [6, 6.07) is 8.31. The molecule has 1 aromatic rings. The van der Waals surface area contributed by atoms with Crippen LogP contribution < -0.4 is 10.2 Å². The zero-order chi connectivity index (χ0) is 14.7. The van der Waals surface area contributed by atoms with Gasteiger partial charge in [0, 0.05) is 35.3 Å². The van der Waals surface area contributed by atoms with E-state index in [9.17, 15) is 0 Å². The molecule has 116 valence electrons. The van der Waals surface area contributed by atoms with Crippen molar-refractivity contribution in [3.8, 4) is 0 Å². The molecule has 0 radical (unpaired) electrons. The van der Waals surface area contributed by atoms with Gasteiger partial charge in [0.15, 0.2) is 0 Å². The highest BCUT2D eigenvalue weighted by Crippen LogP contribution is 2.31. The summed E-state index contributed by atoms with van der Waals surface area (Å²) in [5.41, 5.74) is 2.91. The number of nitrogens with one attached hydrogen (secondary N) is 1. The predicted octanol–water partition coefficient (Wildman–Crippen LogP) is 4.86. The van der Waals surface area contributed by atoms with Gasteiger partial charge in [0.2, 0.25) is 0 Å². The lowest BCUT2D eigenvalue weighted by Crippen LogP contribution is -2.35. The molecular formula is C18H27BrN2. The zero-order valence-corrected chi connectivity index (χ0v) is 14.7. The third kappa shape index (κ3) is 4.01. The number of anilines is 1. The average Bonchev–Trinajstić information content (AvgIpc) is 3.32. The van der Waals surface area contributed by atoms with E-state index in [0.717, 1.165) is 12.6 Å². The highest BCUT2D eigenvalue weighted by molar-refractivity contribution is 9.10. The van der Waals surface area contributed by atoms with Crippen LogP contribution in [0.15, 0.2) is 22.7 Å². The Morgan fingerprint density at radius 3 is 2.81 bits per heavy atom. The monoisotopic (exact) mass is 350 g/mol. The van der Waals surface area contributed by atoms with E-state index in [1.165, 1.54) is 67.2 Å². The van der Waals surface area contributed by atoms with Crippen molar-refractivity contribution < 1.29 is 0 Å². The first kappa shape index (κ1) is 15.4. The third-order valence-electron chi connectivity index (χ3n) is 4.86. The van der Waals surface area contributed by atoms with Crippen LogP contribution in [0.25, 0.3) is 0 Å². The fourth-order valence-electron chi connectivity index (χ4n) is 3.44. The Morgan fingerprint density at radius 2 is 2.05 bits per heavy atom. The highest BCUT2D eigenvalue weighted by Gasteiger charge is 2.24.